The van der Waals surface area contributed by atoms with Crippen LogP contribution in [0.25, 0.3) is 0 Å². The molecule has 0 aromatic heterocycles. The maximum absolute atomic E-state index is 12.6. The molecule has 27 heavy (non-hydrogen) atoms. The van der Waals surface area contributed by atoms with Crippen LogP contribution in [0.3, 0.4) is 0 Å². The molecule has 0 bridgehead atoms. The molecule has 144 valence electrons. The van der Waals surface area contributed by atoms with E-state index in [1.54, 1.807) is 12.1 Å². The quantitative estimate of drug-likeness (QED) is 0.750. The number of carbonyl (C=O) groups is 1. The van der Waals surface area contributed by atoms with Crippen molar-refractivity contribution in [2.24, 2.45) is 0 Å². The lowest BCUT2D eigenvalue weighted by atomic mass is 10.0. The minimum absolute atomic E-state index is 0.0812. The van der Waals surface area contributed by atoms with Gasteiger partial charge in [-0.25, -0.2) is 0 Å². The summed E-state index contributed by atoms with van der Waals surface area (Å²) in [5, 5.41) is 3.83. The molecular weight excluding hydrogens is 360 g/mol. The van der Waals surface area contributed by atoms with Gasteiger partial charge in [-0.05, 0) is 75.7 Å². The number of hydrogen-bond donors (Lipinski definition) is 1. The Morgan fingerprint density at radius 2 is 1.78 bits per heavy atom. The molecule has 3 rings (SSSR count). The molecule has 4 nitrogen and oxygen atoms in total. The summed E-state index contributed by atoms with van der Waals surface area (Å²) in [4.78, 5) is 15.0. The van der Waals surface area contributed by atoms with Crippen LogP contribution >= 0.6 is 11.6 Å². The Hall–Kier alpha value is -2.04. The summed E-state index contributed by atoms with van der Waals surface area (Å²) in [5.74, 6) is 0.690. The van der Waals surface area contributed by atoms with Crippen LogP contribution in [-0.4, -0.2) is 36.5 Å². The maximum atomic E-state index is 12.6. The number of nitrogens with zero attached hydrogens (tertiary/aromatic N) is 1. The number of likely N-dealkylation sites (tertiary alicyclic amines) is 1. The van der Waals surface area contributed by atoms with Gasteiger partial charge in [-0.3, -0.25) is 9.69 Å². The molecule has 1 aliphatic rings. The van der Waals surface area contributed by atoms with Crippen molar-refractivity contribution in [2.45, 2.75) is 38.8 Å². The molecule has 0 radical (unpaired) electrons. The summed E-state index contributed by atoms with van der Waals surface area (Å²) >= 11 is 6.44. The molecule has 1 aliphatic heterocycles. The third-order valence-electron chi connectivity index (χ3n) is 4.79. The van der Waals surface area contributed by atoms with E-state index in [1.165, 1.54) is 12.8 Å². The van der Waals surface area contributed by atoms with E-state index in [0.29, 0.717) is 12.1 Å². The zero-order valence-corrected chi connectivity index (χ0v) is 16.7. The molecule has 0 aliphatic carbocycles. The molecule has 1 fully saturated rings. The molecule has 0 unspecified atom stereocenters. The van der Waals surface area contributed by atoms with Gasteiger partial charge in [0.25, 0.3) is 5.91 Å². The Balaban J connectivity index is 1.68. The van der Waals surface area contributed by atoms with Gasteiger partial charge in [-0.2, -0.15) is 0 Å². The monoisotopic (exact) mass is 386 g/mol. The average Bonchev–Trinajstić information content (AvgIpc) is 3.18. The Kier molecular flexibility index (Phi) is 6.75. The number of ether oxygens (including phenoxy) is 1. The summed E-state index contributed by atoms with van der Waals surface area (Å²) < 4.78 is 5.63. The normalized spacial score (nSPS) is 15.7. The minimum atomic E-state index is -0.0812. The SMILES string of the molecule is CC(C)Oc1ccc(C(=O)NC[C@@H](c2ccccc2Cl)N2CCCC2)cc1. The van der Waals surface area contributed by atoms with E-state index in [0.717, 1.165) is 29.4 Å². The van der Waals surface area contributed by atoms with Gasteiger partial charge >= 0.3 is 0 Å². The van der Waals surface area contributed by atoms with Gasteiger partial charge in [0.15, 0.2) is 0 Å². The van der Waals surface area contributed by atoms with Crippen molar-refractivity contribution in [3.8, 4) is 5.75 Å². The number of rotatable bonds is 7. The highest BCUT2D eigenvalue weighted by Gasteiger charge is 2.25. The molecule has 2 aromatic carbocycles. The molecule has 1 amide bonds. The first-order chi connectivity index (χ1) is 13.0. The average molecular weight is 387 g/mol. The van der Waals surface area contributed by atoms with Crippen molar-refractivity contribution < 1.29 is 9.53 Å². The zero-order chi connectivity index (χ0) is 19.2. The number of hydrogen-bond acceptors (Lipinski definition) is 3. The highest BCUT2D eigenvalue weighted by molar-refractivity contribution is 6.31. The van der Waals surface area contributed by atoms with E-state index >= 15 is 0 Å². The van der Waals surface area contributed by atoms with Gasteiger partial charge < -0.3 is 10.1 Å². The van der Waals surface area contributed by atoms with Crippen molar-refractivity contribution in [3.63, 3.8) is 0 Å². The number of carbonyl (C=O) groups excluding carboxylic acids is 1. The van der Waals surface area contributed by atoms with Gasteiger partial charge in [0.05, 0.1) is 12.1 Å². The summed E-state index contributed by atoms with van der Waals surface area (Å²) in [5.41, 5.74) is 1.70. The summed E-state index contributed by atoms with van der Waals surface area (Å²) in [6.07, 6.45) is 2.49. The van der Waals surface area contributed by atoms with Crippen LogP contribution in [0.5, 0.6) is 5.75 Å². The smallest absolute Gasteiger partial charge is 0.251 e. The van der Waals surface area contributed by atoms with Crippen LogP contribution in [0.1, 0.15) is 48.7 Å². The van der Waals surface area contributed by atoms with E-state index in [1.807, 2.05) is 44.2 Å². The standard InChI is InChI=1S/C22H27ClN2O2/c1-16(2)27-18-11-9-17(10-12-18)22(26)24-15-21(25-13-5-6-14-25)19-7-3-4-8-20(19)23/h3-4,7-12,16,21H,5-6,13-15H2,1-2H3,(H,24,26)/t21-/m0/s1. The number of benzene rings is 2. The lowest BCUT2D eigenvalue weighted by molar-refractivity contribution is 0.0938. The molecular formula is C22H27ClN2O2. The van der Waals surface area contributed by atoms with Gasteiger partial charge in [0, 0.05) is 17.1 Å². The largest absolute Gasteiger partial charge is 0.491 e. The van der Waals surface area contributed by atoms with Gasteiger partial charge in [0.1, 0.15) is 5.75 Å². The molecule has 5 heteroatoms. The number of nitrogens with one attached hydrogen (secondary N) is 1. The maximum Gasteiger partial charge on any atom is 0.251 e. The van der Waals surface area contributed by atoms with Gasteiger partial charge in [0.2, 0.25) is 0 Å². The van der Waals surface area contributed by atoms with Crippen molar-refractivity contribution in [1.82, 2.24) is 10.2 Å². The molecule has 1 atom stereocenters. The van der Waals surface area contributed by atoms with Crippen LogP contribution in [0.2, 0.25) is 5.02 Å². The molecule has 0 saturated carbocycles. The number of halogens is 1. The fraction of sp³-hybridized carbons (Fsp3) is 0.409. The topological polar surface area (TPSA) is 41.6 Å². The molecule has 1 saturated heterocycles. The highest BCUT2D eigenvalue weighted by Crippen LogP contribution is 2.29. The van der Waals surface area contributed by atoms with Crippen LogP contribution in [0.15, 0.2) is 48.5 Å². The van der Waals surface area contributed by atoms with Crippen LogP contribution in [0, 0.1) is 0 Å². The third kappa shape index (κ3) is 5.24. The second kappa shape index (κ2) is 9.25. The minimum Gasteiger partial charge on any atom is -0.491 e. The lowest BCUT2D eigenvalue weighted by Crippen LogP contribution is -2.37. The summed E-state index contributed by atoms with van der Waals surface area (Å²) in [6.45, 7) is 6.56. The van der Waals surface area contributed by atoms with Gasteiger partial charge in [-0.1, -0.05) is 29.8 Å². The molecule has 2 aromatic rings. The van der Waals surface area contributed by atoms with Crippen molar-refractivity contribution >= 4 is 17.5 Å². The van der Waals surface area contributed by atoms with E-state index < -0.39 is 0 Å². The van der Waals surface area contributed by atoms with Crippen LogP contribution in [-0.2, 0) is 0 Å². The van der Waals surface area contributed by atoms with Gasteiger partial charge in [-0.15, -0.1) is 0 Å². The van der Waals surface area contributed by atoms with Crippen molar-refractivity contribution in [2.75, 3.05) is 19.6 Å². The first kappa shape index (κ1) is 19.7. The zero-order valence-electron chi connectivity index (χ0n) is 16.0. The summed E-state index contributed by atoms with van der Waals surface area (Å²) in [7, 11) is 0. The molecule has 1 heterocycles. The van der Waals surface area contributed by atoms with Crippen molar-refractivity contribution in [3.05, 3.63) is 64.7 Å². The van der Waals surface area contributed by atoms with Crippen molar-refractivity contribution in [1.29, 1.82) is 0 Å². The van der Waals surface area contributed by atoms with E-state index in [2.05, 4.69) is 16.3 Å². The summed E-state index contributed by atoms with van der Waals surface area (Å²) in [6, 6.07) is 15.3. The first-order valence-electron chi connectivity index (χ1n) is 9.58. The van der Waals surface area contributed by atoms with E-state index in [4.69, 9.17) is 16.3 Å². The lowest BCUT2D eigenvalue weighted by Gasteiger charge is -2.29. The van der Waals surface area contributed by atoms with E-state index in [9.17, 15) is 4.79 Å². The fourth-order valence-corrected chi connectivity index (χ4v) is 3.74. The second-order valence-electron chi connectivity index (χ2n) is 7.18. The van der Waals surface area contributed by atoms with Crippen LogP contribution < -0.4 is 10.1 Å². The predicted octanol–water partition coefficient (Wildman–Crippen LogP) is 4.69. The molecule has 1 N–H and O–H groups in total. The predicted molar refractivity (Wildman–Crippen MR) is 110 cm³/mol. The first-order valence-corrected chi connectivity index (χ1v) is 9.96. The molecule has 0 spiro atoms. The number of amides is 1. The second-order valence-corrected chi connectivity index (χ2v) is 7.59. The van der Waals surface area contributed by atoms with E-state index in [-0.39, 0.29) is 18.1 Å². The highest BCUT2D eigenvalue weighted by atomic mass is 35.5. The Bertz CT molecular complexity index is 755. The third-order valence-corrected chi connectivity index (χ3v) is 5.13. The fourth-order valence-electron chi connectivity index (χ4n) is 3.48. The Morgan fingerprint density at radius 3 is 2.41 bits per heavy atom. The van der Waals surface area contributed by atoms with Crippen LogP contribution in [0.4, 0.5) is 0 Å². The Morgan fingerprint density at radius 1 is 1.11 bits per heavy atom. The Labute approximate surface area is 166 Å².